The third-order valence-electron chi connectivity index (χ3n) is 4.50. The van der Waals surface area contributed by atoms with Crippen LogP contribution in [0.15, 0.2) is 75.3 Å². The molecule has 2 aliphatic heterocycles. The molecular weight excluding hydrogens is 314 g/mol. The monoisotopic (exact) mass is 337 g/mol. The molecule has 0 aromatic carbocycles. The Kier molecular flexibility index (Phi) is 4.42. The lowest BCUT2D eigenvalue weighted by Crippen LogP contribution is -2.32. The Morgan fingerprint density at radius 1 is 1.24 bits per heavy atom. The van der Waals surface area contributed by atoms with Gasteiger partial charge in [0.25, 0.3) is 0 Å². The fraction of sp³-hybridized carbons (Fsp3) is 0.350. The number of hydrogen-bond donors (Lipinski definition) is 1. The normalized spacial score (nSPS) is 21.0. The summed E-state index contributed by atoms with van der Waals surface area (Å²) >= 11 is 0. The van der Waals surface area contributed by atoms with Crippen molar-refractivity contribution in [2.45, 2.75) is 6.42 Å². The van der Waals surface area contributed by atoms with Crippen LogP contribution in [0.5, 0.6) is 0 Å². The van der Waals surface area contributed by atoms with Crippen LogP contribution in [0.3, 0.4) is 0 Å². The summed E-state index contributed by atoms with van der Waals surface area (Å²) in [6.45, 7) is 2.71. The summed E-state index contributed by atoms with van der Waals surface area (Å²) in [4.78, 5) is 6.64. The van der Waals surface area contributed by atoms with Crippen molar-refractivity contribution in [1.29, 1.82) is 0 Å². The number of rotatable bonds is 5. The molecule has 0 aromatic rings. The highest BCUT2D eigenvalue weighted by atomic mass is 16.5. The first-order valence-corrected chi connectivity index (χ1v) is 8.65. The number of likely N-dealkylation sites (N-methyl/N-ethyl adjacent to an activating group) is 1. The van der Waals surface area contributed by atoms with Crippen LogP contribution >= 0.6 is 0 Å². The molecule has 4 aliphatic rings. The van der Waals surface area contributed by atoms with E-state index in [-0.39, 0.29) is 0 Å². The number of nitrogens with zero attached hydrogens (tertiary/aromatic N) is 2. The summed E-state index contributed by atoms with van der Waals surface area (Å²) in [7, 11) is 4.08. The van der Waals surface area contributed by atoms with E-state index < -0.39 is 0 Å². The van der Waals surface area contributed by atoms with Crippen LogP contribution in [0.25, 0.3) is 0 Å². The van der Waals surface area contributed by atoms with Gasteiger partial charge in [-0.25, -0.2) is 4.99 Å². The van der Waals surface area contributed by atoms with E-state index in [1.54, 1.807) is 0 Å². The lowest BCUT2D eigenvalue weighted by atomic mass is 10.0. The van der Waals surface area contributed by atoms with Crippen molar-refractivity contribution in [3.05, 3.63) is 70.3 Å². The molecule has 5 heteroatoms. The van der Waals surface area contributed by atoms with E-state index in [0.717, 1.165) is 41.4 Å². The Morgan fingerprint density at radius 2 is 2.16 bits per heavy atom. The number of allylic oxidation sites excluding steroid dienone is 7. The summed E-state index contributed by atoms with van der Waals surface area (Å²) in [6.07, 6.45) is 13.5. The topological polar surface area (TPSA) is 46.1 Å². The maximum absolute atomic E-state index is 5.87. The fourth-order valence-corrected chi connectivity index (χ4v) is 3.21. The van der Waals surface area contributed by atoms with Gasteiger partial charge in [-0.15, -0.1) is 0 Å². The van der Waals surface area contributed by atoms with Crippen molar-refractivity contribution in [2.24, 2.45) is 4.99 Å². The third-order valence-corrected chi connectivity index (χ3v) is 4.50. The van der Waals surface area contributed by atoms with E-state index in [2.05, 4.69) is 39.5 Å². The molecular formula is C20H23N3O2. The van der Waals surface area contributed by atoms with Crippen LogP contribution in [0.2, 0.25) is 0 Å². The summed E-state index contributed by atoms with van der Waals surface area (Å²) < 4.78 is 11.6. The van der Waals surface area contributed by atoms with E-state index >= 15 is 0 Å². The summed E-state index contributed by atoms with van der Waals surface area (Å²) in [6, 6.07) is 0. The first-order valence-electron chi connectivity index (χ1n) is 8.65. The molecule has 0 radical (unpaired) electrons. The van der Waals surface area contributed by atoms with Crippen molar-refractivity contribution in [1.82, 2.24) is 10.2 Å². The minimum Gasteiger partial charge on any atom is -0.488 e. The number of nitrogens with one attached hydrogen (secondary N) is 1. The Hall–Kier alpha value is -2.37. The van der Waals surface area contributed by atoms with E-state index in [1.165, 1.54) is 11.1 Å². The molecule has 25 heavy (non-hydrogen) atoms. The predicted molar refractivity (Wildman–Crippen MR) is 99.0 cm³/mol. The number of amidine groups is 1. The Morgan fingerprint density at radius 3 is 3.04 bits per heavy atom. The minimum atomic E-state index is 0.487. The molecule has 0 saturated heterocycles. The SMILES string of the molecule is CN(C)CCOCC1=NC=C2CC=CC3=C4OCC=CC4=CC3=C2N1. The Labute approximate surface area is 148 Å². The molecule has 4 rings (SSSR count). The second-order valence-corrected chi connectivity index (χ2v) is 6.66. The zero-order valence-corrected chi connectivity index (χ0v) is 14.7. The Bertz CT molecular complexity index is 792. The van der Waals surface area contributed by atoms with Gasteiger partial charge in [-0.1, -0.05) is 18.2 Å². The zero-order valence-electron chi connectivity index (χ0n) is 14.7. The van der Waals surface area contributed by atoms with Crippen LogP contribution in [-0.4, -0.2) is 51.2 Å². The van der Waals surface area contributed by atoms with Gasteiger partial charge in [0.2, 0.25) is 0 Å². The van der Waals surface area contributed by atoms with Gasteiger partial charge >= 0.3 is 0 Å². The van der Waals surface area contributed by atoms with Gasteiger partial charge in [0.05, 0.1) is 12.3 Å². The van der Waals surface area contributed by atoms with Gasteiger partial charge < -0.3 is 19.7 Å². The van der Waals surface area contributed by atoms with Gasteiger partial charge in [-0.05, 0) is 38.2 Å². The molecule has 0 atom stereocenters. The predicted octanol–water partition coefficient (Wildman–Crippen LogP) is 2.44. The number of aliphatic imine (C=N–C) groups is 1. The molecule has 1 N–H and O–H groups in total. The highest BCUT2D eigenvalue weighted by Crippen LogP contribution is 2.40. The molecule has 5 nitrogen and oxygen atoms in total. The van der Waals surface area contributed by atoms with E-state index in [0.29, 0.717) is 19.8 Å². The van der Waals surface area contributed by atoms with Gasteiger partial charge in [0, 0.05) is 29.5 Å². The molecule has 0 bridgehead atoms. The molecule has 0 fully saturated rings. The van der Waals surface area contributed by atoms with Crippen LogP contribution < -0.4 is 5.32 Å². The van der Waals surface area contributed by atoms with Crippen molar-refractivity contribution < 1.29 is 9.47 Å². The van der Waals surface area contributed by atoms with E-state index in [4.69, 9.17) is 9.47 Å². The maximum atomic E-state index is 5.87. The lowest BCUT2D eigenvalue weighted by Gasteiger charge is -2.21. The maximum Gasteiger partial charge on any atom is 0.134 e. The van der Waals surface area contributed by atoms with Gasteiger partial charge in [0.15, 0.2) is 0 Å². The molecule has 2 heterocycles. The second-order valence-electron chi connectivity index (χ2n) is 6.66. The van der Waals surface area contributed by atoms with Crippen molar-refractivity contribution in [3.63, 3.8) is 0 Å². The molecule has 0 spiro atoms. The Balaban J connectivity index is 1.57. The fourth-order valence-electron chi connectivity index (χ4n) is 3.21. The van der Waals surface area contributed by atoms with Gasteiger partial charge in [0.1, 0.15) is 24.8 Å². The summed E-state index contributed by atoms with van der Waals surface area (Å²) in [5, 5.41) is 3.49. The summed E-state index contributed by atoms with van der Waals surface area (Å²) in [5.41, 5.74) is 5.78. The average molecular weight is 337 g/mol. The molecule has 0 unspecified atom stereocenters. The van der Waals surface area contributed by atoms with Crippen LogP contribution in [0, 0.1) is 0 Å². The molecule has 0 saturated carbocycles. The summed E-state index contributed by atoms with van der Waals surface area (Å²) in [5.74, 6) is 1.83. The smallest absolute Gasteiger partial charge is 0.134 e. The molecule has 0 amide bonds. The van der Waals surface area contributed by atoms with Gasteiger partial charge in [-0.2, -0.15) is 0 Å². The second kappa shape index (κ2) is 6.86. The highest BCUT2D eigenvalue weighted by Gasteiger charge is 2.28. The molecule has 130 valence electrons. The molecule has 2 aliphatic carbocycles. The van der Waals surface area contributed by atoms with Crippen LogP contribution in [-0.2, 0) is 9.47 Å². The minimum absolute atomic E-state index is 0.487. The number of ether oxygens (including phenoxy) is 2. The van der Waals surface area contributed by atoms with Crippen LogP contribution in [0.4, 0.5) is 0 Å². The van der Waals surface area contributed by atoms with Crippen molar-refractivity contribution in [3.8, 4) is 0 Å². The number of fused-ring (bicyclic) bond motifs is 3. The van der Waals surface area contributed by atoms with Gasteiger partial charge in [-0.3, -0.25) is 0 Å². The third kappa shape index (κ3) is 3.25. The van der Waals surface area contributed by atoms with E-state index in [1.807, 2.05) is 26.4 Å². The first-order chi connectivity index (χ1) is 12.2. The average Bonchev–Trinajstić information content (AvgIpc) is 2.88. The largest absolute Gasteiger partial charge is 0.488 e. The zero-order chi connectivity index (χ0) is 17.2. The van der Waals surface area contributed by atoms with Crippen molar-refractivity contribution in [2.75, 3.05) is 40.5 Å². The standard InChI is InChI=1S/C20H23N3O2/c1-23(2)8-10-24-13-18-21-12-15-5-3-7-16-17(19(15)22-18)11-14-6-4-9-25-20(14)16/h3-4,6-7,11-12H,5,8-10,13H2,1-2H3,(H,21,22). The highest BCUT2D eigenvalue weighted by molar-refractivity contribution is 5.89. The first kappa shape index (κ1) is 16.1. The van der Waals surface area contributed by atoms with Crippen LogP contribution in [0.1, 0.15) is 6.42 Å². The van der Waals surface area contributed by atoms with Crippen molar-refractivity contribution >= 4 is 5.84 Å². The quantitative estimate of drug-likeness (QED) is 0.783. The lowest BCUT2D eigenvalue weighted by molar-refractivity contribution is 0.148. The number of hydrogen-bond acceptors (Lipinski definition) is 5. The molecule has 0 aromatic heterocycles. The van der Waals surface area contributed by atoms with E-state index in [9.17, 15) is 0 Å².